The Hall–Kier alpha value is -2.40. The average Bonchev–Trinajstić information content (AvgIpc) is 3.17. The van der Waals surface area contributed by atoms with Crippen LogP contribution in [0.4, 0.5) is 5.69 Å². The second-order valence-electron chi connectivity index (χ2n) is 6.68. The van der Waals surface area contributed by atoms with Crippen LogP contribution in [-0.2, 0) is 4.79 Å². The molecular weight excluding hydrogens is 344 g/mol. The van der Waals surface area contributed by atoms with Crippen LogP contribution in [-0.4, -0.2) is 35.5 Å². The van der Waals surface area contributed by atoms with Crippen LogP contribution in [0.3, 0.4) is 0 Å². The molecule has 1 aliphatic heterocycles. The summed E-state index contributed by atoms with van der Waals surface area (Å²) in [5.41, 5.74) is 4.05. The maximum Gasteiger partial charge on any atom is 0.262 e. The minimum atomic E-state index is -0.173. The molecule has 0 spiro atoms. The summed E-state index contributed by atoms with van der Waals surface area (Å²) < 4.78 is 5.59. The van der Waals surface area contributed by atoms with Crippen molar-refractivity contribution < 1.29 is 9.53 Å². The van der Waals surface area contributed by atoms with Gasteiger partial charge in [0.25, 0.3) is 5.91 Å². The normalized spacial score (nSPS) is 13.5. The van der Waals surface area contributed by atoms with E-state index < -0.39 is 0 Å². The number of aryl methyl sites for hydroxylation is 2. The summed E-state index contributed by atoms with van der Waals surface area (Å²) in [6, 6.07) is 13.6. The molecular formula is C21H24N2O2S. The first-order chi connectivity index (χ1) is 12.5. The molecule has 136 valence electrons. The van der Waals surface area contributed by atoms with E-state index >= 15 is 0 Å². The maximum absolute atomic E-state index is 12.1. The van der Waals surface area contributed by atoms with E-state index in [1.54, 1.807) is 0 Å². The number of ether oxygens (including phenoxy) is 1. The van der Waals surface area contributed by atoms with Gasteiger partial charge in [0.2, 0.25) is 0 Å². The molecule has 1 amide bonds. The number of anilines is 1. The zero-order valence-electron chi connectivity index (χ0n) is 15.2. The number of benzene rings is 2. The molecule has 0 aromatic heterocycles. The van der Waals surface area contributed by atoms with Gasteiger partial charge >= 0.3 is 0 Å². The number of amides is 1. The number of rotatable bonds is 5. The summed E-state index contributed by atoms with van der Waals surface area (Å²) in [7, 11) is 0. The van der Waals surface area contributed by atoms with E-state index in [0.717, 1.165) is 34.9 Å². The second-order valence-corrected chi connectivity index (χ2v) is 7.07. The lowest BCUT2D eigenvalue weighted by Crippen LogP contribution is -2.26. The summed E-state index contributed by atoms with van der Waals surface area (Å²) in [5.74, 6) is 0.488. The first-order valence-electron chi connectivity index (χ1n) is 8.92. The van der Waals surface area contributed by atoms with Crippen molar-refractivity contribution >= 4 is 28.8 Å². The van der Waals surface area contributed by atoms with Crippen LogP contribution in [0.1, 0.15) is 29.5 Å². The molecule has 0 saturated carbocycles. The van der Waals surface area contributed by atoms with Crippen molar-refractivity contribution in [3.8, 4) is 5.75 Å². The summed E-state index contributed by atoms with van der Waals surface area (Å²) in [6.07, 6.45) is 2.41. The Morgan fingerprint density at radius 2 is 1.81 bits per heavy atom. The zero-order chi connectivity index (χ0) is 18.5. The molecule has 0 atom stereocenters. The molecule has 1 aliphatic rings. The van der Waals surface area contributed by atoms with Crippen molar-refractivity contribution in [3.05, 3.63) is 59.2 Å². The fraction of sp³-hybridized carbons (Fsp3) is 0.333. The molecule has 0 bridgehead atoms. The molecule has 2 aromatic carbocycles. The Labute approximate surface area is 160 Å². The highest BCUT2D eigenvalue weighted by molar-refractivity contribution is 7.80. The SMILES string of the molecule is Cc1ccc(NC(=O)COc2ccc(C(=S)N3CCCC3)cc2)c(C)c1. The lowest BCUT2D eigenvalue weighted by Gasteiger charge is -2.18. The molecule has 0 aliphatic carbocycles. The molecule has 0 radical (unpaired) electrons. The lowest BCUT2D eigenvalue weighted by atomic mass is 10.1. The number of thiocarbonyl (C=S) groups is 1. The number of hydrogen-bond acceptors (Lipinski definition) is 3. The fourth-order valence-corrected chi connectivity index (χ4v) is 3.40. The van der Waals surface area contributed by atoms with Gasteiger partial charge in [-0.3, -0.25) is 4.79 Å². The lowest BCUT2D eigenvalue weighted by molar-refractivity contribution is -0.118. The van der Waals surface area contributed by atoms with E-state index in [1.165, 1.54) is 18.4 Å². The summed E-state index contributed by atoms with van der Waals surface area (Å²) in [6.45, 7) is 6.06. The van der Waals surface area contributed by atoms with Crippen molar-refractivity contribution in [1.29, 1.82) is 0 Å². The number of nitrogens with one attached hydrogen (secondary N) is 1. The van der Waals surface area contributed by atoms with E-state index in [-0.39, 0.29) is 12.5 Å². The van der Waals surface area contributed by atoms with Crippen molar-refractivity contribution in [2.45, 2.75) is 26.7 Å². The smallest absolute Gasteiger partial charge is 0.262 e. The van der Waals surface area contributed by atoms with Gasteiger partial charge < -0.3 is 15.0 Å². The third-order valence-corrected chi connectivity index (χ3v) is 5.01. The van der Waals surface area contributed by atoms with Gasteiger partial charge in [-0.1, -0.05) is 29.9 Å². The highest BCUT2D eigenvalue weighted by Crippen LogP contribution is 2.18. The van der Waals surface area contributed by atoms with Gasteiger partial charge in [-0.25, -0.2) is 0 Å². The summed E-state index contributed by atoms with van der Waals surface area (Å²) in [5, 5.41) is 2.88. The van der Waals surface area contributed by atoms with Crippen molar-refractivity contribution in [2.75, 3.05) is 25.0 Å². The van der Waals surface area contributed by atoms with Crippen LogP contribution in [0.15, 0.2) is 42.5 Å². The molecule has 1 fully saturated rings. The van der Waals surface area contributed by atoms with E-state index in [9.17, 15) is 4.79 Å². The van der Waals surface area contributed by atoms with Crippen LogP contribution >= 0.6 is 12.2 Å². The van der Waals surface area contributed by atoms with E-state index in [4.69, 9.17) is 17.0 Å². The van der Waals surface area contributed by atoms with Gasteiger partial charge in [0.05, 0.1) is 0 Å². The van der Waals surface area contributed by atoms with Gasteiger partial charge in [-0.05, 0) is 62.6 Å². The predicted octanol–water partition coefficient (Wildman–Crippen LogP) is 4.09. The Balaban J connectivity index is 1.52. The quantitative estimate of drug-likeness (QED) is 0.807. The Morgan fingerprint density at radius 1 is 1.12 bits per heavy atom. The van der Waals surface area contributed by atoms with Gasteiger partial charge in [0, 0.05) is 24.3 Å². The van der Waals surface area contributed by atoms with Crippen LogP contribution < -0.4 is 10.1 Å². The number of likely N-dealkylation sites (tertiary alicyclic amines) is 1. The van der Waals surface area contributed by atoms with Gasteiger partial charge in [-0.15, -0.1) is 0 Å². The molecule has 1 heterocycles. The zero-order valence-corrected chi connectivity index (χ0v) is 16.1. The predicted molar refractivity (Wildman–Crippen MR) is 109 cm³/mol. The number of carbonyl (C=O) groups is 1. The largest absolute Gasteiger partial charge is 0.484 e. The number of nitrogens with zero attached hydrogens (tertiary/aromatic N) is 1. The molecule has 26 heavy (non-hydrogen) atoms. The van der Waals surface area contributed by atoms with Crippen LogP contribution in [0.25, 0.3) is 0 Å². The monoisotopic (exact) mass is 368 g/mol. The Bertz CT molecular complexity index is 796. The highest BCUT2D eigenvalue weighted by Gasteiger charge is 2.16. The minimum Gasteiger partial charge on any atom is -0.484 e. The Morgan fingerprint density at radius 3 is 2.46 bits per heavy atom. The van der Waals surface area contributed by atoms with Crippen LogP contribution in [0, 0.1) is 13.8 Å². The van der Waals surface area contributed by atoms with Gasteiger partial charge in [0.1, 0.15) is 10.7 Å². The first-order valence-corrected chi connectivity index (χ1v) is 9.33. The maximum atomic E-state index is 12.1. The number of hydrogen-bond donors (Lipinski definition) is 1. The molecule has 4 nitrogen and oxygen atoms in total. The van der Waals surface area contributed by atoms with E-state index in [0.29, 0.717) is 5.75 Å². The van der Waals surface area contributed by atoms with Crippen molar-refractivity contribution in [2.24, 2.45) is 0 Å². The van der Waals surface area contributed by atoms with Gasteiger partial charge in [0.15, 0.2) is 6.61 Å². The third kappa shape index (κ3) is 4.61. The summed E-state index contributed by atoms with van der Waals surface area (Å²) in [4.78, 5) is 15.2. The van der Waals surface area contributed by atoms with Crippen molar-refractivity contribution in [3.63, 3.8) is 0 Å². The Kier molecular flexibility index (Phi) is 5.89. The highest BCUT2D eigenvalue weighted by atomic mass is 32.1. The second kappa shape index (κ2) is 8.32. The number of carbonyl (C=O) groups excluding carboxylic acids is 1. The van der Waals surface area contributed by atoms with Crippen molar-refractivity contribution in [1.82, 2.24) is 4.90 Å². The van der Waals surface area contributed by atoms with E-state index in [2.05, 4.69) is 10.2 Å². The van der Waals surface area contributed by atoms with Gasteiger partial charge in [-0.2, -0.15) is 0 Å². The minimum absolute atomic E-state index is 0.0246. The molecule has 1 saturated heterocycles. The molecule has 5 heteroatoms. The van der Waals surface area contributed by atoms with Crippen LogP contribution in [0.2, 0.25) is 0 Å². The van der Waals surface area contributed by atoms with Crippen LogP contribution in [0.5, 0.6) is 5.75 Å². The first kappa shape index (κ1) is 18.4. The standard InChI is InChI=1S/C21H24N2O2S/c1-15-5-10-19(16(2)13-15)22-20(24)14-25-18-8-6-17(7-9-18)21(26)23-11-3-4-12-23/h5-10,13H,3-4,11-12,14H2,1-2H3,(H,22,24). The van der Waals surface area contributed by atoms with E-state index in [1.807, 2.05) is 56.3 Å². The fourth-order valence-electron chi connectivity index (χ4n) is 3.09. The molecule has 0 unspecified atom stereocenters. The summed E-state index contributed by atoms with van der Waals surface area (Å²) >= 11 is 5.54. The third-order valence-electron chi connectivity index (χ3n) is 4.52. The molecule has 3 rings (SSSR count). The topological polar surface area (TPSA) is 41.6 Å². The molecule has 1 N–H and O–H groups in total. The molecule has 2 aromatic rings. The average molecular weight is 369 g/mol.